The molecule has 3 amide bonds. The fourth-order valence-corrected chi connectivity index (χ4v) is 3.27. The van der Waals surface area contributed by atoms with Gasteiger partial charge in [0.25, 0.3) is 5.91 Å². The highest BCUT2D eigenvalue weighted by Gasteiger charge is 2.34. The Bertz CT molecular complexity index is 1380. The normalized spacial score (nSPS) is 12.5. The molecule has 0 aliphatic rings. The van der Waals surface area contributed by atoms with Gasteiger partial charge >= 0.3 is 12.2 Å². The molecule has 0 unspecified atom stereocenters. The van der Waals surface area contributed by atoms with Crippen LogP contribution in [0.1, 0.15) is 16.1 Å². The van der Waals surface area contributed by atoms with Crippen molar-refractivity contribution < 1.29 is 27.2 Å². The van der Waals surface area contributed by atoms with Crippen LogP contribution in [0.4, 0.5) is 33.7 Å². The van der Waals surface area contributed by atoms with Gasteiger partial charge in [0.15, 0.2) is 0 Å². The first-order valence-electron chi connectivity index (χ1n) is 9.66. The van der Waals surface area contributed by atoms with Crippen molar-refractivity contribution in [3.8, 4) is 11.1 Å². The Morgan fingerprint density at radius 1 is 1.03 bits per heavy atom. The number of H-pyrrole nitrogens is 1. The Morgan fingerprint density at radius 3 is 2.21 bits per heavy atom. The van der Waals surface area contributed by atoms with Crippen molar-refractivity contribution in [1.29, 1.82) is 0 Å². The summed E-state index contributed by atoms with van der Waals surface area (Å²) in [6, 6.07) is 7.52. The molecule has 34 heavy (non-hydrogen) atoms. The number of benzene rings is 2. The summed E-state index contributed by atoms with van der Waals surface area (Å²) in [6.45, 7) is 3.65. The number of halogens is 4. The van der Waals surface area contributed by atoms with Crippen LogP contribution in [-0.4, -0.2) is 16.9 Å². The van der Waals surface area contributed by atoms with E-state index in [1.54, 1.807) is 18.2 Å². The molecule has 0 bridgehead atoms. The summed E-state index contributed by atoms with van der Waals surface area (Å²) < 4.78 is 52.0. The van der Waals surface area contributed by atoms with E-state index < -0.39 is 29.5 Å². The van der Waals surface area contributed by atoms with E-state index in [4.69, 9.17) is 11.5 Å². The van der Waals surface area contributed by atoms with E-state index in [0.29, 0.717) is 39.5 Å². The maximum Gasteiger partial charge on any atom is 0.419 e. The summed E-state index contributed by atoms with van der Waals surface area (Å²) in [7, 11) is 0. The predicted molar refractivity (Wildman–Crippen MR) is 121 cm³/mol. The lowest BCUT2D eigenvalue weighted by atomic mass is 10.0. The number of hydrogen-bond acceptors (Lipinski definition) is 3. The molecule has 0 radical (unpaired) electrons. The van der Waals surface area contributed by atoms with Gasteiger partial charge in [-0.15, -0.1) is 0 Å². The van der Waals surface area contributed by atoms with Crippen LogP contribution in [0.5, 0.6) is 0 Å². The molecule has 0 saturated heterocycles. The highest BCUT2D eigenvalue weighted by molar-refractivity contribution is 6.01. The van der Waals surface area contributed by atoms with Crippen molar-refractivity contribution in [3.63, 3.8) is 0 Å². The third kappa shape index (κ3) is 5.09. The zero-order chi connectivity index (χ0) is 25.0. The number of primary amides is 1. The summed E-state index contributed by atoms with van der Waals surface area (Å²) in [5, 5.41) is 5.73. The van der Waals surface area contributed by atoms with Gasteiger partial charge in [-0.25, -0.2) is 9.18 Å². The van der Waals surface area contributed by atoms with Gasteiger partial charge in [0.2, 0.25) is 0 Å². The minimum atomic E-state index is -4.90. The number of aromatic nitrogens is 1. The monoisotopic (exact) mass is 473 g/mol. The van der Waals surface area contributed by atoms with E-state index in [0.717, 1.165) is 6.07 Å². The topological polar surface area (TPSA) is 126 Å². The number of urea groups is 1. The highest BCUT2D eigenvalue weighted by Crippen LogP contribution is 2.33. The Kier molecular flexibility index (Phi) is 6.76. The summed E-state index contributed by atoms with van der Waals surface area (Å²) in [6.07, 6.45) is -0.455. The van der Waals surface area contributed by atoms with Gasteiger partial charge in [-0.2, -0.15) is 13.2 Å². The highest BCUT2D eigenvalue weighted by atomic mass is 19.4. The quantitative estimate of drug-likeness (QED) is 0.365. The Morgan fingerprint density at radius 2 is 1.65 bits per heavy atom. The minimum Gasteiger partial charge on any atom is -0.403 e. The van der Waals surface area contributed by atoms with E-state index in [2.05, 4.69) is 22.2 Å². The number of hydrogen-bond donors (Lipinski definition) is 5. The molecule has 0 aliphatic heterocycles. The Labute approximate surface area is 190 Å². The van der Waals surface area contributed by atoms with Gasteiger partial charge in [0.05, 0.1) is 10.9 Å². The largest absolute Gasteiger partial charge is 0.419 e. The van der Waals surface area contributed by atoms with Crippen molar-refractivity contribution in [2.45, 2.75) is 6.18 Å². The van der Waals surface area contributed by atoms with Gasteiger partial charge in [0.1, 0.15) is 11.5 Å². The number of anilines is 2. The first-order chi connectivity index (χ1) is 16.0. The smallest absolute Gasteiger partial charge is 0.403 e. The van der Waals surface area contributed by atoms with Crippen LogP contribution in [-0.2, 0) is 6.18 Å². The summed E-state index contributed by atoms with van der Waals surface area (Å²) >= 11 is 0. The van der Waals surface area contributed by atoms with Crippen LogP contribution in [0.15, 0.2) is 55.1 Å². The maximum absolute atomic E-state index is 13.4. The molecule has 0 atom stereocenters. The Hall–Kier alpha value is -4.54. The number of alkyl halides is 3. The zero-order valence-electron chi connectivity index (χ0n) is 17.5. The van der Waals surface area contributed by atoms with Gasteiger partial charge in [-0.1, -0.05) is 30.9 Å². The number of allylic oxidation sites excluding steroid dienone is 1. The predicted octanol–water partition coefficient (Wildman–Crippen LogP) is 3.25. The molecule has 3 rings (SSSR count). The molecular weight excluding hydrogens is 454 g/mol. The molecule has 1 heterocycles. The maximum atomic E-state index is 13.4. The lowest BCUT2D eigenvalue weighted by Crippen LogP contribution is -2.25. The molecular formula is C23H19F4N5O2. The number of amides is 3. The molecule has 3 aromatic rings. The van der Waals surface area contributed by atoms with Gasteiger partial charge in [-0.05, 0) is 35.9 Å². The average Bonchev–Trinajstić information content (AvgIpc) is 3.14. The molecule has 0 aliphatic carbocycles. The van der Waals surface area contributed by atoms with E-state index >= 15 is 0 Å². The second-order valence-corrected chi connectivity index (χ2v) is 6.98. The average molecular weight is 473 g/mol. The Balaban J connectivity index is 1.85. The molecule has 176 valence electrons. The van der Waals surface area contributed by atoms with E-state index in [-0.39, 0.29) is 11.4 Å². The summed E-state index contributed by atoms with van der Waals surface area (Å²) in [5.74, 6) is -2.15. The first kappa shape index (κ1) is 24.1. The van der Waals surface area contributed by atoms with Crippen LogP contribution in [0.25, 0.3) is 23.4 Å². The van der Waals surface area contributed by atoms with Gasteiger partial charge in [-0.3, -0.25) is 4.79 Å². The van der Waals surface area contributed by atoms with Crippen LogP contribution in [0, 0.1) is 5.82 Å². The van der Waals surface area contributed by atoms with Crippen molar-refractivity contribution >= 4 is 35.6 Å². The fraction of sp³-hybridized carbons (Fsp3) is 0.0435. The summed E-state index contributed by atoms with van der Waals surface area (Å²) in [4.78, 5) is 27.0. The lowest BCUT2D eigenvalue weighted by Gasteiger charge is -2.12. The molecule has 0 spiro atoms. The second-order valence-electron chi connectivity index (χ2n) is 6.98. The van der Waals surface area contributed by atoms with E-state index in [1.165, 1.54) is 24.4 Å². The van der Waals surface area contributed by atoms with E-state index in [1.807, 2.05) is 0 Å². The van der Waals surface area contributed by atoms with Gasteiger partial charge in [0, 0.05) is 28.4 Å². The van der Waals surface area contributed by atoms with Gasteiger partial charge < -0.3 is 27.1 Å². The first-order valence-corrected chi connectivity index (χ1v) is 9.66. The number of rotatable bonds is 5. The minimum absolute atomic E-state index is 0.125. The van der Waals surface area contributed by atoms with Crippen LogP contribution < -0.4 is 32.7 Å². The molecule has 0 fully saturated rings. The third-order valence-electron chi connectivity index (χ3n) is 4.73. The second kappa shape index (κ2) is 9.53. The van der Waals surface area contributed by atoms with Crippen molar-refractivity contribution in [2.24, 2.45) is 11.5 Å². The molecule has 1 aromatic heterocycles. The summed E-state index contributed by atoms with van der Waals surface area (Å²) in [5.41, 5.74) is 10.8. The molecule has 2 aromatic carbocycles. The number of nitrogens with two attached hydrogens (primary N) is 2. The molecule has 11 heteroatoms. The SMILES string of the molecule is C=C/C=c1/c(-c2ccc(NC(=O)Nc3ccc(F)c(C(F)(F)F)c3)cc2)c(C(N)=O)[nH]/c1=C/N. The zero-order valence-corrected chi connectivity index (χ0v) is 17.5. The molecule has 7 N–H and O–H groups in total. The van der Waals surface area contributed by atoms with Crippen molar-refractivity contribution in [1.82, 2.24) is 4.98 Å². The number of carbonyl (C=O) groups is 2. The van der Waals surface area contributed by atoms with Crippen molar-refractivity contribution in [3.05, 3.63) is 82.8 Å². The number of nitrogens with one attached hydrogen (secondary N) is 3. The van der Waals surface area contributed by atoms with Crippen LogP contribution in [0.3, 0.4) is 0 Å². The van der Waals surface area contributed by atoms with Crippen LogP contribution >= 0.6 is 0 Å². The molecule has 7 nitrogen and oxygen atoms in total. The third-order valence-corrected chi connectivity index (χ3v) is 4.73. The fourth-order valence-electron chi connectivity index (χ4n) is 3.27. The number of carbonyl (C=O) groups excluding carboxylic acids is 2. The molecule has 0 saturated carbocycles. The van der Waals surface area contributed by atoms with Crippen LogP contribution in [0.2, 0.25) is 0 Å². The number of aromatic amines is 1. The lowest BCUT2D eigenvalue weighted by molar-refractivity contribution is -0.139. The van der Waals surface area contributed by atoms with E-state index in [9.17, 15) is 27.2 Å². The standard InChI is InChI=1S/C23H19F4N5O2/c1-2-3-15-18(11-28)32-20(21(29)33)19(15)12-4-6-13(7-5-12)30-22(34)31-14-8-9-17(24)16(10-14)23(25,26)27/h2-11,32H,1,28H2,(H2,29,33)(H2,30,31,34)/b15-3+,18-11+. The van der Waals surface area contributed by atoms with Crippen molar-refractivity contribution in [2.75, 3.05) is 10.6 Å².